The normalized spacial score (nSPS) is 19.8. The Labute approximate surface area is 114 Å². The average Bonchev–Trinajstić information content (AvgIpc) is 3.24. The fraction of sp³-hybridized carbons (Fsp3) is 0.857. The van der Waals surface area contributed by atoms with Crippen molar-refractivity contribution in [2.75, 3.05) is 13.7 Å². The predicted octanol–water partition coefficient (Wildman–Crippen LogP) is 2.06. The number of esters is 1. The van der Waals surface area contributed by atoms with E-state index in [0.717, 1.165) is 25.7 Å². The summed E-state index contributed by atoms with van der Waals surface area (Å²) < 4.78 is 4.63. The molecule has 0 spiro atoms. The number of hydrogen-bond donors (Lipinski definition) is 1. The zero-order valence-corrected chi connectivity index (χ0v) is 11.7. The van der Waals surface area contributed by atoms with Crippen LogP contribution in [0, 0.1) is 0 Å². The number of urea groups is 1. The summed E-state index contributed by atoms with van der Waals surface area (Å²) in [6.07, 6.45) is 8.25. The van der Waals surface area contributed by atoms with Crippen molar-refractivity contribution in [3.05, 3.63) is 0 Å². The van der Waals surface area contributed by atoms with Crippen LogP contribution in [0.4, 0.5) is 4.79 Å². The Hall–Kier alpha value is -1.26. The molecular weight excluding hydrogens is 244 g/mol. The van der Waals surface area contributed by atoms with Gasteiger partial charge in [-0.2, -0.15) is 0 Å². The zero-order chi connectivity index (χ0) is 13.7. The van der Waals surface area contributed by atoms with Gasteiger partial charge >= 0.3 is 12.0 Å². The van der Waals surface area contributed by atoms with E-state index in [1.807, 2.05) is 4.90 Å². The third kappa shape index (κ3) is 4.40. The van der Waals surface area contributed by atoms with E-state index in [9.17, 15) is 9.59 Å². The summed E-state index contributed by atoms with van der Waals surface area (Å²) in [5.41, 5.74) is 0. The molecule has 2 amide bonds. The molecule has 0 aliphatic heterocycles. The highest BCUT2D eigenvalue weighted by atomic mass is 16.5. The van der Waals surface area contributed by atoms with E-state index < -0.39 is 0 Å². The van der Waals surface area contributed by atoms with Crippen molar-refractivity contribution in [3.63, 3.8) is 0 Å². The minimum absolute atomic E-state index is 0.00157. The van der Waals surface area contributed by atoms with Crippen molar-refractivity contribution in [2.45, 2.75) is 63.5 Å². The maximum atomic E-state index is 12.3. The summed E-state index contributed by atoms with van der Waals surface area (Å²) in [5, 5.41) is 3.12. The van der Waals surface area contributed by atoms with Crippen LogP contribution in [-0.4, -0.2) is 42.6 Å². The molecule has 2 fully saturated rings. The highest BCUT2D eigenvalue weighted by molar-refractivity contribution is 5.76. The van der Waals surface area contributed by atoms with Gasteiger partial charge in [-0.25, -0.2) is 4.79 Å². The van der Waals surface area contributed by atoms with Crippen LogP contribution in [0.15, 0.2) is 0 Å². The standard InChI is InChI=1S/C14H24N2O3/c1-19-13(17)9-10-16(12-7-8-12)14(18)15-11-5-3-2-4-6-11/h11-12H,2-10H2,1H3,(H,15,18). The van der Waals surface area contributed by atoms with Crippen LogP contribution >= 0.6 is 0 Å². The Balaban J connectivity index is 1.80. The summed E-state index contributed by atoms with van der Waals surface area (Å²) in [5.74, 6) is -0.254. The van der Waals surface area contributed by atoms with Gasteiger partial charge < -0.3 is 15.0 Å². The van der Waals surface area contributed by atoms with Gasteiger partial charge in [-0.1, -0.05) is 19.3 Å². The molecule has 0 aromatic heterocycles. The van der Waals surface area contributed by atoms with E-state index in [-0.39, 0.29) is 18.4 Å². The topological polar surface area (TPSA) is 58.6 Å². The van der Waals surface area contributed by atoms with Crippen molar-refractivity contribution in [1.82, 2.24) is 10.2 Å². The first-order valence-electron chi connectivity index (χ1n) is 7.34. The lowest BCUT2D eigenvalue weighted by atomic mass is 9.96. The molecule has 1 N–H and O–H groups in total. The average molecular weight is 268 g/mol. The molecule has 0 atom stereocenters. The number of amides is 2. The third-order valence-electron chi connectivity index (χ3n) is 3.97. The van der Waals surface area contributed by atoms with Crippen LogP contribution in [0.3, 0.4) is 0 Å². The molecule has 2 aliphatic carbocycles. The van der Waals surface area contributed by atoms with E-state index in [4.69, 9.17) is 0 Å². The van der Waals surface area contributed by atoms with Gasteiger partial charge in [-0.15, -0.1) is 0 Å². The van der Waals surface area contributed by atoms with Gasteiger partial charge in [0, 0.05) is 18.6 Å². The number of nitrogens with zero attached hydrogens (tertiary/aromatic N) is 1. The fourth-order valence-corrected chi connectivity index (χ4v) is 2.65. The number of carbonyl (C=O) groups excluding carboxylic acids is 2. The molecule has 0 aromatic carbocycles. The number of rotatable bonds is 5. The molecule has 5 heteroatoms. The number of nitrogens with one attached hydrogen (secondary N) is 1. The van der Waals surface area contributed by atoms with Crippen molar-refractivity contribution < 1.29 is 14.3 Å². The van der Waals surface area contributed by atoms with Crippen LogP contribution in [0.25, 0.3) is 0 Å². The maximum Gasteiger partial charge on any atom is 0.317 e. The molecule has 0 saturated heterocycles. The largest absolute Gasteiger partial charge is 0.469 e. The molecule has 2 aliphatic rings. The van der Waals surface area contributed by atoms with Crippen molar-refractivity contribution in [2.24, 2.45) is 0 Å². The first kappa shape index (κ1) is 14.2. The summed E-state index contributed by atoms with van der Waals surface area (Å²) in [7, 11) is 1.38. The van der Waals surface area contributed by atoms with Gasteiger partial charge in [0.15, 0.2) is 0 Å². The third-order valence-corrected chi connectivity index (χ3v) is 3.97. The SMILES string of the molecule is COC(=O)CCN(C(=O)NC1CCCCC1)C1CC1. The second kappa shape index (κ2) is 6.78. The molecule has 108 valence electrons. The van der Waals surface area contributed by atoms with Crippen LogP contribution in [0.2, 0.25) is 0 Å². The van der Waals surface area contributed by atoms with E-state index in [0.29, 0.717) is 18.6 Å². The molecule has 0 radical (unpaired) electrons. The lowest BCUT2D eigenvalue weighted by molar-refractivity contribution is -0.140. The second-order valence-electron chi connectivity index (χ2n) is 5.54. The zero-order valence-electron chi connectivity index (χ0n) is 11.7. The Bertz CT molecular complexity index is 323. The molecule has 0 unspecified atom stereocenters. The van der Waals surface area contributed by atoms with Crippen LogP contribution in [0.5, 0.6) is 0 Å². The first-order valence-corrected chi connectivity index (χ1v) is 7.34. The highest BCUT2D eigenvalue weighted by Crippen LogP contribution is 2.27. The summed E-state index contributed by atoms with van der Waals surface area (Å²) in [6.45, 7) is 0.468. The van der Waals surface area contributed by atoms with Crippen LogP contribution in [0.1, 0.15) is 51.4 Å². The quantitative estimate of drug-likeness (QED) is 0.776. The molecule has 19 heavy (non-hydrogen) atoms. The molecule has 2 saturated carbocycles. The van der Waals surface area contributed by atoms with Crippen LogP contribution in [-0.2, 0) is 9.53 Å². The monoisotopic (exact) mass is 268 g/mol. The molecule has 0 bridgehead atoms. The number of methoxy groups -OCH3 is 1. The van der Waals surface area contributed by atoms with Crippen LogP contribution < -0.4 is 5.32 Å². The van der Waals surface area contributed by atoms with E-state index in [1.165, 1.54) is 26.4 Å². The fourth-order valence-electron chi connectivity index (χ4n) is 2.65. The number of carbonyl (C=O) groups is 2. The van der Waals surface area contributed by atoms with Gasteiger partial charge in [-0.05, 0) is 25.7 Å². The van der Waals surface area contributed by atoms with E-state index in [1.54, 1.807) is 0 Å². The van der Waals surface area contributed by atoms with E-state index >= 15 is 0 Å². The molecule has 0 aromatic rings. The minimum atomic E-state index is -0.254. The molecule has 0 heterocycles. The molecule has 2 rings (SSSR count). The van der Waals surface area contributed by atoms with Gasteiger partial charge in [0.1, 0.15) is 0 Å². The van der Waals surface area contributed by atoms with Gasteiger partial charge in [0.05, 0.1) is 13.5 Å². The summed E-state index contributed by atoms with van der Waals surface area (Å²) in [4.78, 5) is 25.3. The first-order chi connectivity index (χ1) is 9.20. The number of hydrogen-bond acceptors (Lipinski definition) is 3. The minimum Gasteiger partial charge on any atom is -0.469 e. The Morgan fingerprint density at radius 3 is 2.42 bits per heavy atom. The van der Waals surface area contributed by atoms with Crippen molar-refractivity contribution in [3.8, 4) is 0 Å². The van der Waals surface area contributed by atoms with Gasteiger partial charge in [0.2, 0.25) is 0 Å². The lowest BCUT2D eigenvalue weighted by Gasteiger charge is -2.28. The Kier molecular flexibility index (Phi) is 5.05. The maximum absolute atomic E-state index is 12.3. The second-order valence-corrected chi connectivity index (χ2v) is 5.54. The Morgan fingerprint density at radius 2 is 1.84 bits per heavy atom. The highest BCUT2D eigenvalue weighted by Gasteiger charge is 2.33. The molecule has 5 nitrogen and oxygen atoms in total. The summed E-state index contributed by atoms with van der Waals surface area (Å²) in [6, 6.07) is 0.646. The van der Waals surface area contributed by atoms with Crippen molar-refractivity contribution in [1.29, 1.82) is 0 Å². The predicted molar refractivity (Wildman–Crippen MR) is 71.8 cm³/mol. The summed E-state index contributed by atoms with van der Waals surface area (Å²) >= 11 is 0. The van der Waals surface area contributed by atoms with Gasteiger partial charge in [0.25, 0.3) is 0 Å². The number of ether oxygens (including phenoxy) is 1. The van der Waals surface area contributed by atoms with Gasteiger partial charge in [-0.3, -0.25) is 4.79 Å². The lowest BCUT2D eigenvalue weighted by Crippen LogP contribution is -2.47. The van der Waals surface area contributed by atoms with E-state index in [2.05, 4.69) is 10.1 Å². The van der Waals surface area contributed by atoms with Crippen molar-refractivity contribution >= 4 is 12.0 Å². The smallest absolute Gasteiger partial charge is 0.317 e. The molecular formula is C14H24N2O3. The Morgan fingerprint density at radius 1 is 1.16 bits per heavy atom.